The molecule has 0 saturated carbocycles. The lowest BCUT2D eigenvalue weighted by atomic mass is 9.96. The van der Waals surface area contributed by atoms with Gasteiger partial charge in [-0.1, -0.05) is 12.1 Å². The summed E-state index contributed by atoms with van der Waals surface area (Å²) in [6.45, 7) is 1.93. The van der Waals surface area contributed by atoms with E-state index in [1.165, 1.54) is 0 Å². The monoisotopic (exact) mass is 280 g/mol. The van der Waals surface area contributed by atoms with Crippen LogP contribution in [0.25, 0.3) is 11.4 Å². The summed E-state index contributed by atoms with van der Waals surface area (Å²) >= 11 is 0. The van der Waals surface area contributed by atoms with Gasteiger partial charge >= 0.3 is 0 Å². The molecule has 0 spiro atoms. The van der Waals surface area contributed by atoms with Crippen LogP contribution in [0.5, 0.6) is 0 Å². The number of hydrogen-bond donors (Lipinski definition) is 3. The van der Waals surface area contributed by atoms with Gasteiger partial charge in [0.2, 0.25) is 0 Å². The highest BCUT2D eigenvalue weighted by Gasteiger charge is 2.30. The van der Waals surface area contributed by atoms with Crippen LogP contribution in [0.15, 0.2) is 53.8 Å². The van der Waals surface area contributed by atoms with Gasteiger partial charge in [-0.05, 0) is 31.2 Å². The van der Waals surface area contributed by atoms with Crippen molar-refractivity contribution in [1.29, 1.82) is 0 Å². The Morgan fingerprint density at radius 3 is 2.76 bits per heavy atom. The van der Waals surface area contributed by atoms with Gasteiger partial charge in [0.15, 0.2) is 11.6 Å². The first kappa shape index (κ1) is 13.3. The zero-order valence-corrected chi connectivity index (χ0v) is 11.6. The number of rotatable bonds is 2. The highest BCUT2D eigenvalue weighted by atomic mass is 15.2. The predicted octanol–water partition coefficient (Wildman–Crippen LogP) is 0.995. The third kappa shape index (κ3) is 2.48. The Hall–Kier alpha value is -2.73. The van der Waals surface area contributed by atoms with E-state index >= 15 is 0 Å². The van der Waals surface area contributed by atoms with E-state index < -0.39 is 5.66 Å². The van der Waals surface area contributed by atoms with Crippen molar-refractivity contribution >= 4 is 5.96 Å². The summed E-state index contributed by atoms with van der Waals surface area (Å²) in [4.78, 5) is 13.2. The molecule has 2 aromatic heterocycles. The van der Waals surface area contributed by atoms with E-state index in [9.17, 15) is 0 Å². The summed E-state index contributed by atoms with van der Waals surface area (Å²) < 4.78 is 0. The quantitative estimate of drug-likeness (QED) is 0.761. The van der Waals surface area contributed by atoms with Crippen molar-refractivity contribution in [2.24, 2.45) is 16.5 Å². The first-order valence-electron chi connectivity index (χ1n) is 6.56. The minimum atomic E-state index is -1.05. The number of guanidine groups is 1. The first-order chi connectivity index (χ1) is 10.1. The third-order valence-corrected chi connectivity index (χ3v) is 3.25. The van der Waals surface area contributed by atoms with Crippen LogP contribution in [0.1, 0.15) is 11.3 Å². The standard InChI is InChI=1S/C15H16N6/c1-10-5-6-11(15(17)7-9-19-14(16)21-15)13(20-10)12-4-2-3-8-18-12/h2-9H,17H2,1H3,(H3,16,19,21). The number of nitrogens with one attached hydrogen (secondary N) is 1. The second-order valence-electron chi connectivity index (χ2n) is 4.86. The molecule has 3 heterocycles. The molecule has 106 valence electrons. The minimum absolute atomic E-state index is 0.271. The van der Waals surface area contributed by atoms with Gasteiger partial charge < -0.3 is 11.1 Å². The van der Waals surface area contributed by atoms with Crippen LogP contribution in [0.3, 0.4) is 0 Å². The Balaban J connectivity index is 2.20. The van der Waals surface area contributed by atoms with E-state index in [0.717, 1.165) is 17.0 Å². The fourth-order valence-corrected chi connectivity index (χ4v) is 2.25. The van der Waals surface area contributed by atoms with Crippen LogP contribution in [-0.4, -0.2) is 15.9 Å². The van der Waals surface area contributed by atoms with Gasteiger partial charge in [-0.15, -0.1) is 0 Å². The lowest BCUT2D eigenvalue weighted by Gasteiger charge is -2.27. The number of hydrogen-bond acceptors (Lipinski definition) is 6. The lowest BCUT2D eigenvalue weighted by molar-refractivity contribution is 0.580. The number of pyridine rings is 2. The maximum atomic E-state index is 6.40. The van der Waals surface area contributed by atoms with Crippen LogP contribution in [-0.2, 0) is 5.66 Å². The zero-order valence-electron chi connectivity index (χ0n) is 11.6. The molecular formula is C15H16N6. The van der Waals surface area contributed by atoms with Gasteiger partial charge in [0.05, 0.1) is 11.4 Å². The average Bonchev–Trinajstić information content (AvgIpc) is 2.47. The molecule has 21 heavy (non-hydrogen) atoms. The number of nitrogens with two attached hydrogens (primary N) is 2. The Labute approximate surface area is 122 Å². The summed E-state index contributed by atoms with van der Waals surface area (Å²) in [5.74, 6) is 0.271. The summed E-state index contributed by atoms with van der Waals surface area (Å²) in [6.07, 6.45) is 5.16. The second kappa shape index (κ2) is 4.99. The van der Waals surface area contributed by atoms with E-state index in [0.29, 0.717) is 5.69 Å². The van der Waals surface area contributed by atoms with E-state index in [2.05, 4.69) is 20.3 Å². The van der Waals surface area contributed by atoms with Crippen molar-refractivity contribution in [2.45, 2.75) is 12.6 Å². The third-order valence-electron chi connectivity index (χ3n) is 3.25. The molecule has 6 heteroatoms. The Morgan fingerprint density at radius 2 is 2.05 bits per heavy atom. The molecule has 0 aromatic carbocycles. The summed E-state index contributed by atoms with van der Waals surface area (Å²) in [7, 11) is 0. The molecule has 0 amide bonds. The van der Waals surface area contributed by atoms with Crippen molar-refractivity contribution in [1.82, 2.24) is 15.3 Å². The Kier molecular flexibility index (Phi) is 3.15. The zero-order chi connectivity index (χ0) is 14.9. The molecule has 3 rings (SSSR count). The van der Waals surface area contributed by atoms with Gasteiger partial charge in [0, 0.05) is 23.7 Å². The number of aryl methyl sites for hydroxylation is 1. The van der Waals surface area contributed by atoms with Crippen molar-refractivity contribution in [3.05, 3.63) is 60.1 Å². The van der Waals surface area contributed by atoms with Crippen molar-refractivity contribution in [2.75, 3.05) is 0 Å². The summed E-state index contributed by atoms with van der Waals surface area (Å²) in [5, 5.41) is 2.81. The highest BCUT2D eigenvalue weighted by molar-refractivity contribution is 5.81. The summed E-state index contributed by atoms with van der Waals surface area (Å²) in [6, 6.07) is 9.48. The molecule has 1 aliphatic rings. The second-order valence-corrected chi connectivity index (χ2v) is 4.86. The van der Waals surface area contributed by atoms with Gasteiger partial charge in [-0.3, -0.25) is 15.7 Å². The summed E-state index contributed by atoms with van der Waals surface area (Å²) in [5.41, 5.74) is 14.2. The molecule has 0 radical (unpaired) electrons. The van der Waals surface area contributed by atoms with Gasteiger partial charge in [-0.25, -0.2) is 4.99 Å². The van der Waals surface area contributed by atoms with Crippen LogP contribution in [0.2, 0.25) is 0 Å². The normalized spacial score (nSPS) is 20.8. The van der Waals surface area contributed by atoms with Crippen LogP contribution in [0.4, 0.5) is 0 Å². The van der Waals surface area contributed by atoms with E-state index in [4.69, 9.17) is 11.5 Å². The van der Waals surface area contributed by atoms with E-state index in [1.807, 2.05) is 37.3 Å². The molecule has 1 atom stereocenters. The highest BCUT2D eigenvalue weighted by Crippen LogP contribution is 2.31. The fourth-order valence-electron chi connectivity index (χ4n) is 2.25. The largest absolute Gasteiger partial charge is 0.370 e. The average molecular weight is 280 g/mol. The van der Waals surface area contributed by atoms with Gasteiger partial charge in [-0.2, -0.15) is 0 Å². The Bertz CT molecular complexity index is 722. The van der Waals surface area contributed by atoms with Crippen molar-refractivity contribution in [3.8, 4) is 11.4 Å². The van der Waals surface area contributed by atoms with Crippen LogP contribution >= 0.6 is 0 Å². The minimum Gasteiger partial charge on any atom is -0.370 e. The van der Waals surface area contributed by atoms with Gasteiger partial charge in [0.1, 0.15) is 0 Å². The maximum absolute atomic E-state index is 6.40. The van der Waals surface area contributed by atoms with E-state index in [1.54, 1.807) is 18.5 Å². The fraction of sp³-hybridized carbons (Fsp3) is 0.133. The molecule has 0 fully saturated rings. The SMILES string of the molecule is Cc1ccc(C2(N)C=CNC(N)=N2)c(-c2ccccn2)n1. The first-order valence-corrected chi connectivity index (χ1v) is 6.56. The molecule has 1 unspecified atom stereocenters. The predicted molar refractivity (Wildman–Crippen MR) is 82.0 cm³/mol. The molecule has 0 aliphatic carbocycles. The molecule has 5 N–H and O–H groups in total. The number of aliphatic imine (C=N–C) groups is 1. The molecule has 1 aliphatic heterocycles. The van der Waals surface area contributed by atoms with Crippen LogP contribution < -0.4 is 16.8 Å². The Morgan fingerprint density at radius 1 is 1.19 bits per heavy atom. The smallest absolute Gasteiger partial charge is 0.195 e. The van der Waals surface area contributed by atoms with Gasteiger partial charge in [0.25, 0.3) is 0 Å². The molecule has 0 saturated heterocycles. The molecule has 6 nitrogen and oxygen atoms in total. The van der Waals surface area contributed by atoms with E-state index in [-0.39, 0.29) is 5.96 Å². The maximum Gasteiger partial charge on any atom is 0.195 e. The number of aromatic nitrogens is 2. The van der Waals surface area contributed by atoms with Crippen LogP contribution in [0, 0.1) is 6.92 Å². The molecule has 0 bridgehead atoms. The lowest BCUT2D eigenvalue weighted by Crippen LogP contribution is -2.42. The van der Waals surface area contributed by atoms with Crippen molar-refractivity contribution < 1.29 is 0 Å². The molecule has 2 aromatic rings. The van der Waals surface area contributed by atoms with Crippen molar-refractivity contribution in [3.63, 3.8) is 0 Å². The topological polar surface area (TPSA) is 102 Å². The number of nitrogens with zero attached hydrogens (tertiary/aromatic N) is 3. The molecular weight excluding hydrogens is 264 g/mol.